The SMILES string of the molecule is C/C(=C/Cc1nccn1C)CC1COCCN1. The molecule has 0 aromatic carbocycles. The molecule has 0 bridgehead atoms. The van der Waals surface area contributed by atoms with Crippen molar-refractivity contribution >= 4 is 0 Å². The van der Waals surface area contributed by atoms with E-state index in [2.05, 4.69) is 27.9 Å². The van der Waals surface area contributed by atoms with Gasteiger partial charge in [-0.1, -0.05) is 11.6 Å². The Balaban J connectivity index is 1.82. The minimum absolute atomic E-state index is 0.473. The van der Waals surface area contributed by atoms with Crippen LogP contribution in [-0.4, -0.2) is 35.4 Å². The molecule has 1 aromatic heterocycles. The molecule has 0 aliphatic carbocycles. The van der Waals surface area contributed by atoms with Crippen LogP contribution in [0.4, 0.5) is 0 Å². The standard InChI is InChI=1S/C13H21N3O/c1-11(9-12-10-17-8-6-14-12)3-4-13-15-5-7-16(13)2/h3,5,7,12,14H,4,6,8-10H2,1-2H3/b11-3-. The van der Waals surface area contributed by atoms with Crippen molar-refractivity contribution in [2.45, 2.75) is 25.8 Å². The van der Waals surface area contributed by atoms with Gasteiger partial charge in [0.2, 0.25) is 0 Å². The lowest BCUT2D eigenvalue weighted by Crippen LogP contribution is -2.41. The van der Waals surface area contributed by atoms with Gasteiger partial charge in [0.1, 0.15) is 5.82 Å². The lowest BCUT2D eigenvalue weighted by molar-refractivity contribution is 0.0770. The first-order valence-corrected chi connectivity index (χ1v) is 6.18. The van der Waals surface area contributed by atoms with Crippen LogP contribution < -0.4 is 5.32 Å². The zero-order chi connectivity index (χ0) is 12.1. The van der Waals surface area contributed by atoms with Crippen molar-refractivity contribution in [3.63, 3.8) is 0 Å². The largest absolute Gasteiger partial charge is 0.379 e. The highest BCUT2D eigenvalue weighted by molar-refractivity contribution is 5.07. The van der Waals surface area contributed by atoms with Crippen LogP contribution in [0.5, 0.6) is 0 Å². The highest BCUT2D eigenvalue weighted by atomic mass is 16.5. The van der Waals surface area contributed by atoms with Gasteiger partial charge in [-0.25, -0.2) is 4.98 Å². The van der Waals surface area contributed by atoms with Crippen molar-refractivity contribution < 1.29 is 4.74 Å². The van der Waals surface area contributed by atoms with Gasteiger partial charge in [-0.15, -0.1) is 0 Å². The number of nitrogens with one attached hydrogen (secondary N) is 1. The molecule has 2 heterocycles. The smallest absolute Gasteiger partial charge is 0.112 e. The summed E-state index contributed by atoms with van der Waals surface area (Å²) in [6, 6.07) is 0.473. The molecule has 1 aliphatic heterocycles. The number of imidazole rings is 1. The number of aryl methyl sites for hydroxylation is 1. The Bertz CT molecular complexity index is 378. The van der Waals surface area contributed by atoms with Crippen molar-refractivity contribution in [2.24, 2.45) is 7.05 Å². The first-order valence-electron chi connectivity index (χ1n) is 6.18. The number of nitrogens with zero attached hydrogens (tertiary/aromatic N) is 2. The van der Waals surface area contributed by atoms with E-state index in [4.69, 9.17) is 4.74 Å². The van der Waals surface area contributed by atoms with Crippen LogP contribution in [0.1, 0.15) is 19.2 Å². The van der Waals surface area contributed by atoms with Crippen LogP contribution in [0.3, 0.4) is 0 Å². The fourth-order valence-electron chi connectivity index (χ4n) is 2.08. The normalized spacial score (nSPS) is 21.8. The van der Waals surface area contributed by atoms with Gasteiger partial charge in [-0.3, -0.25) is 0 Å². The molecule has 4 heteroatoms. The predicted octanol–water partition coefficient (Wildman–Crippen LogP) is 1.29. The number of aromatic nitrogens is 2. The Morgan fingerprint density at radius 1 is 1.71 bits per heavy atom. The molecule has 1 fully saturated rings. The van der Waals surface area contributed by atoms with Gasteiger partial charge in [-0.2, -0.15) is 0 Å². The second kappa shape index (κ2) is 5.98. The van der Waals surface area contributed by atoms with E-state index in [0.29, 0.717) is 6.04 Å². The van der Waals surface area contributed by atoms with Crippen molar-refractivity contribution in [2.75, 3.05) is 19.8 Å². The number of rotatable bonds is 4. The maximum absolute atomic E-state index is 5.45. The average molecular weight is 235 g/mol. The van der Waals surface area contributed by atoms with E-state index < -0.39 is 0 Å². The van der Waals surface area contributed by atoms with Gasteiger partial charge in [0.15, 0.2) is 0 Å². The van der Waals surface area contributed by atoms with E-state index in [1.807, 2.05) is 19.4 Å². The Morgan fingerprint density at radius 2 is 2.59 bits per heavy atom. The molecule has 0 spiro atoms. The zero-order valence-corrected chi connectivity index (χ0v) is 10.6. The summed E-state index contributed by atoms with van der Waals surface area (Å²) in [5.74, 6) is 1.11. The molecular formula is C13H21N3O. The monoisotopic (exact) mass is 235 g/mol. The van der Waals surface area contributed by atoms with Crippen molar-refractivity contribution in [3.05, 3.63) is 29.9 Å². The van der Waals surface area contributed by atoms with E-state index in [1.165, 1.54) is 5.57 Å². The van der Waals surface area contributed by atoms with Gasteiger partial charge in [0.05, 0.1) is 13.2 Å². The van der Waals surface area contributed by atoms with Crippen LogP contribution in [0.2, 0.25) is 0 Å². The number of allylic oxidation sites excluding steroid dienone is 1. The van der Waals surface area contributed by atoms with Gasteiger partial charge >= 0.3 is 0 Å². The topological polar surface area (TPSA) is 39.1 Å². The summed E-state index contributed by atoms with van der Waals surface area (Å²) < 4.78 is 7.51. The third-order valence-corrected chi connectivity index (χ3v) is 3.12. The Hall–Kier alpha value is -1.13. The van der Waals surface area contributed by atoms with E-state index in [-0.39, 0.29) is 0 Å². The Kier molecular flexibility index (Phi) is 4.34. The molecule has 94 valence electrons. The maximum atomic E-state index is 5.45. The Labute approximate surface area is 103 Å². The molecule has 1 aromatic rings. The van der Waals surface area contributed by atoms with Crippen LogP contribution in [0.15, 0.2) is 24.0 Å². The Morgan fingerprint density at radius 3 is 3.24 bits per heavy atom. The fourth-order valence-corrected chi connectivity index (χ4v) is 2.08. The summed E-state index contributed by atoms with van der Waals surface area (Å²) in [6.07, 6.45) is 8.05. The van der Waals surface area contributed by atoms with Crippen molar-refractivity contribution in [1.82, 2.24) is 14.9 Å². The lowest BCUT2D eigenvalue weighted by atomic mass is 10.1. The maximum Gasteiger partial charge on any atom is 0.112 e. The van der Waals surface area contributed by atoms with Gasteiger partial charge in [0.25, 0.3) is 0 Å². The highest BCUT2D eigenvalue weighted by Crippen LogP contribution is 2.09. The van der Waals surface area contributed by atoms with Gasteiger partial charge < -0.3 is 14.6 Å². The van der Waals surface area contributed by atoms with Crippen LogP contribution in [0, 0.1) is 0 Å². The molecule has 1 atom stereocenters. The summed E-state index contributed by atoms with van der Waals surface area (Å²) in [6.45, 7) is 4.82. The number of hydrogen-bond acceptors (Lipinski definition) is 3. The van der Waals surface area contributed by atoms with E-state index in [1.54, 1.807) is 0 Å². The average Bonchev–Trinajstić information content (AvgIpc) is 2.74. The second-order valence-corrected chi connectivity index (χ2v) is 4.64. The first-order chi connectivity index (χ1) is 8.25. The number of ether oxygens (including phenoxy) is 1. The molecular weight excluding hydrogens is 214 g/mol. The van der Waals surface area contributed by atoms with E-state index in [9.17, 15) is 0 Å². The van der Waals surface area contributed by atoms with Gasteiger partial charge in [-0.05, 0) is 13.3 Å². The molecule has 0 radical (unpaired) electrons. The summed E-state index contributed by atoms with van der Waals surface area (Å²) in [5, 5.41) is 3.47. The molecule has 1 aliphatic rings. The second-order valence-electron chi connectivity index (χ2n) is 4.64. The molecule has 2 rings (SSSR count). The summed E-state index contributed by atoms with van der Waals surface area (Å²) in [5.41, 5.74) is 1.40. The molecule has 4 nitrogen and oxygen atoms in total. The number of hydrogen-bond donors (Lipinski definition) is 1. The molecule has 1 unspecified atom stereocenters. The summed E-state index contributed by atoms with van der Waals surface area (Å²) in [4.78, 5) is 4.31. The first kappa shape index (κ1) is 12.3. The van der Waals surface area contributed by atoms with Crippen molar-refractivity contribution in [1.29, 1.82) is 0 Å². The predicted molar refractivity (Wildman–Crippen MR) is 67.9 cm³/mol. The molecule has 17 heavy (non-hydrogen) atoms. The van der Waals surface area contributed by atoms with E-state index in [0.717, 1.165) is 38.4 Å². The molecule has 1 N–H and O–H groups in total. The van der Waals surface area contributed by atoms with Crippen LogP contribution >= 0.6 is 0 Å². The third-order valence-electron chi connectivity index (χ3n) is 3.12. The fraction of sp³-hybridized carbons (Fsp3) is 0.615. The zero-order valence-electron chi connectivity index (χ0n) is 10.6. The van der Waals surface area contributed by atoms with E-state index >= 15 is 0 Å². The van der Waals surface area contributed by atoms with Crippen molar-refractivity contribution in [3.8, 4) is 0 Å². The number of morpholine rings is 1. The molecule has 1 saturated heterocycles. The molecule has 0 saturated carbocycles. The lowest BCUT2D eigenvalue weighted by Gasteiger charge is -2.24. The minimum Gasteiger partial charge on any atom is -0.379 e. The summed E-state index contributed by atoms with van der Waals surface area (Å²) >= 11 is 0. The minimum atomic E-state index is 0.473. The van der Waals surface area contributed by atoms with Crippen LogP contribution in [-0.2, 0) is 18.2 Å². The third kappa shape index (κ3) is 3.68. The highest BCUT2D eigenvalue weighted by Gasteiger charge is 2.12. The van der Waals surface area contributed by atoms with Crippen LogP contribution in [0.25, 0.3) is 0 Å². The summed E-state index contributed by atoms with van der Waals surface area (Å²) in [7, 11) is 2.03. The van der Waals surface area contributed by atoms with Gasteiger partial charge in [0, 0.05) is 38.4 Å². The molecule has 0 amide bonds. The quantitative estimate of drug-likeness (QED) is 0.799.